The Morgan fingerprint density at radius 3 is 2.19 bits per heavy atom. The average molecular weight is 228 g/mol. The largest absolute Gasteiger partial charge is 0.480 e. The van der Waals surface area contributed by atoms with E-state index < -0.39 is 11.5 Å². The van der Waals surface area contributed by atoms with Gasteiger partial charge < -0.3 is 15.7 Å². The molecule has 16 heavy (non-hydrogen) atoms. The molecule has 1 aliphatic rings. The smallest absolute Gasteiger partial charge is 0.329 e. The third-order valence-corrected chi connectivity index (χ3v) is 2.49. The minimum absolute atomic E-state index is 0.0286. The van der Waals surface area contributed by atoms with Crippen molar-refractivity contribution in [1.82, 2.24) is 10.6 Å². The number of carbonyl (C=O) groups is 3. The van der Waals surface area contributed by atoms with Crippen LogP contribution in [0.15, 0.2) is 0 Å². The molecule has 0 radical (unpaired) electrons. The summed E-state index contributed by atoms with van der Waals surface area (Å²) >= 11 is 0. The minimum Gasteiger partial charge on any atom is -0.480 e. The van der Waals surface area contributed by atoms with Gasteiger partial charge in [-0.25, -0.2) is 4.79 Å². The van der Waals surface area contributed by atoms with Gasteiger partial charge in [0.1, 0.15) is 5.54 Å². The molecule has 0 heterocycles. The maximum absolute atomic E-state index is 11.4. The van der Waals surface area contributed by atoms with Crippen molar-refractivity contribution in [2.75, 3.05) is 6.54 Å². The monoisotopic (exact) mass is 228 g/mol. The first-order valence-corrected chi connectivity index (χ1v) is 5.31. The Kier molecular flexibility index (Phi) is 3.87. The third-order valence-electron chi connectivity index (χ3n) is 2.49. The molecular weight excluding hydrogens is 212 g/mol. The number of rotatable bonds is 6. The first-order chi connectivity index (χ1) is 7.50. The van der Waals surface area contributed by atoms with E-state index >= 15 is 0 Å². The summed E-state index contributed by atoms with van der Waals surface area (Å²) in [6.45, 7) is 2.32. The fraction of sp³-hybridized carbons (Fsp3) is 0.700. The first kappa shape index (κ1) is 12.5. The second-order valence-corrected chi connectivity index (χ2v) is 3.89. The van der Waals surface area contributed by atoms with E-state index in [0.717, 1.165) is 0 Å². The van der Waals surface area contributed by atoms with Crippen molar-refractivity contribution < 1.29 is 19.5 Å². The molecule has 1 fully saturated rings. The molecule has 0 aromatic heterocycles. The lowest BCUT2D eigenvalue weighted by Gasteiger charge is -2.11. The van der Waals surface area contributed by atoms with Gasteiger partial charge in [-0.15, -0.1) is 0 Å². The Bertz CT molecular complexity index is 310. The highest BCUT2D eigenvalue weighted by Crippen LogP contribution is 2.35. The quantitative estimate of drug-likeness (QED) is 0.578. The van der Waals surface area contributed by atoms with E-state index in [1.807, 2.05) is 0 Å². The molecule has 1 saturated carbocycles. The summed E-state index contributed by atoms with van der Waals surface area (Å²) in [6.07, 6.45) is 1.06. The van der Waals surface area contributed by atoms with Crippen LogP contribution < -0.4 is 10.6 Å². The van der Waals surface area contributed by atoms with Crippen LogP contribution in [0.2, 0.25) is 0 Å². The van der Waals surface area contributed by atoms with Crippen LogP contribution in [-0.4, -0.2) is 35.0 Å². The number of aliphatic carboxylic acids is 1. The number of amides is 2. The van der Waals surface area contributed by atoms with Crippen LogP contribution >= 0.6 is 0 Å². The van der Waals surface area contributed by atoms with Gasteiger partial charge in [-0.2, -0.15) is 0 Å². The van der Waals surface area contributed by atoms with Crippen LogP contribution in [0.25, 0.3) is 0 Å². The Morgan fingerprint density at radius 2 is 1.75 bits per heavy atom. The molecule has 90 valence electrons. The molecule has 6 nitrogen and oxygen atoms in total. The maximum atomic E-state index is 11.4. The van der Waals surface area contributed by atoms with E-state index in [1.54, 1.807) is 6.92 Å². The molecule has 0 bridgehead atoms. The van der Waals surface area contributed by atoms with E-state index in [9.17, 15) is 14.4 Å². The Morgan fingerprint density at radius 1 is 1.19 bits per heavy atom. The van der Waals surface area contributed by atoms with Crippen molar-refractivity contribution in [3.05, 3.63) is 0 Å². The summed E-state index contributed by atoms with van der Waals surface area (Å²) in [5, 5.41) is 13.8. The fourth-order valence-electron chi connectivity index (χ4n) is 1.36. The predicted molar refractivity (Wildman–Crippen MR) is 55.7 cm³/mol. The summed E-state index contributed by atoms with van der Waals surface area (Å²) in [5.41, 5.74) is -1.06. The number of hydrogen-bond acceptors (Lipinski definition) is 3. The SMILES string of the molecule is CCNC(=O)CCC(=O)NC1(C(=O)O)CC1. The lowest BCUT2D eigenvalue weighted by atomic mass is 10.2. The second-order valence-electron chi connectivity index (χ2n) is 3.89. The molecule has 1 rings (SSSR count). The minimum atomic E-state index is -1.06. The van der Waals surface area contributed by atoms with Crippen LogP contribution in [-0.2, 0) is 14.4 Å². The maximum Gasteiger partial charge on any atom is 0.329 e. The summed E-state index contributed by atoms with van der Waals surface area (Å²) < 4.78 is 0. The van der Waals surface area contributed by atoms with Gasteiger partial charge >= 0.3 is 5.97 Å². The standard InChI is InChI=1S/C10H16N2O4/c1-2-11-7(13)3-4-8(14)12-10(5-6-10)9(15)16/h2-6H2,1H3,(H,11,13)(H,12,14)(H,15,16). The van der Waals surface area contributed by atoms with Gasteiger partial charge in [0.25, 0.3) is 0 Å². The highest BCUT2D eigenvalue weighted by molar-refractivity contribution is 5.91. The molecule has 0 aromatic carbocycles. The molecule has 2 amide bonds. The van der Waals surface area contributed by atoms with Crippen molar-refractivity contribution in [1.29, 1.82) is 0 Å². The van der Waals surface area contributed by atoms with Gasteiger partial charge in [-0.3, -0.25) is 9.59 Å². The second kappa shape index (κ2) is 4.96. The molecule has 1 aliphatic carbocycles. The summed E-state index contributed by atoms with van der Waals surface area (Å²) in [6, 6.07) is 0. The topological polar surface area (TPSA) is 95.5 Å². The number of carboxylic acid groups (broad SMARTS) is 1. The molecule has 0 saturated heterocycles. The molecular formula is C10H16N2O4. The molecule has 0 aliphatic heterocycles. The molecule has 6 heteroatoms. The van der Waals surface area contributed by atoms with Gasteiger partial charge in [0.05, 0.1) is 0 Å². The molecule has 0 spiro atoms. The number of hydrogen-bond donors (Lipinski definition) is 3. The van der Waals surface area contributed by atoms with E-state index in [-0.39, 0.29) is 24.7 Å². The van der Waals surface area contributed by atoms with E-state index in [4.69, 9.17) is 5.11 Å². The highest BCUT2D eigenvalue weighted by Gasteiger charge is 2.51. The van der Waals surface area contributed by atoms with E-state index in [0.29, 0.717) is 19.4 Å². The van der Waals surface area contributed by atoms with Crippen LogP contribution in [0.4, 0.5) is 0 Å². The molecule has 0 aromatic rings. The van der Waals surface area contributed by atoms with Crippen LogP contribution in [0.5, 0.6) is 0 Å². The summed E-state index contributed by atoms with van der Waals surface area (Å²) in [7, 11) is 0. The summed E-state index contributed by atoms with van der Waals surface area (Å²) in [5.74, 6) is -1.58. The predicted octanol–water partition coefficient (Wildman–Crippen LogP) is -0.364. The van der Waals surface area contributed by atoms with Crippen molar-refractivity contribution in [3.8, 4) is 0 Å². The third kappa shape index (κ3) is 3.22. The van der Waals surface area contributed by atoms with Crippen molar-refractivity contribution in [3.63, 3.8) is 0 Å². The lowest BCUT2D eigenvalue weighted by molar-refractivity contribution is -0.143. The van der Waals surface area contributed by atoms with Crippen molar-refractivity contribution in [2.24, 2.45) is 0 Å². The number of nitrogens with one attached hydrogen (secondary N) is 2. The Balaban J connectivity index is 2.27. The number of carboxylic acids is 1. The van der Waals surface area contributed by atoms with E-state index in [2.05, 4.69) is 10.6 Å². The number of carbonyl (C=O) groups excluding carboxylic acids is 2. The van der Waals surface area contributed by atoms with E-state index in [1.165, 1.54) is 0 Å². The Labute approximate surface area is 93.4 Å². The Hall–Kier alpha value is -1.59. The fourth-order valence-corrected chi connectivity index (χ4v) is 1.36. The molecule has 3 N–H and O–H groups in total. The van der Waals surface area contributed by atoms with Gasteiger partial charge in [-0.05, 0) is 19.8 Å². The lowest BCUT2D eigenvalue weighted by Crippen LogP contribution is -2.43. The normalized spacial score (nSPS) is 16.3. The van der Waals surface area contributed by atoms with Gasteiger partial charge in [0.15, 0.2) is 0 Å². The first-order valence-electron chi connectivity index (χ1n) is 5.31. The zero-order valence-electron chi connectivity index (χ0n) is 9.21. The zero-order valence-corrected chi connectivity index (χ0v) is 9.21. The highest BCUT2D eigenvalue weighted by atomic mass is 16.4. The molecule has 0 unspecified atom stereocenters. The van der Waals surface area contributed by atoms with Crippen LogP contribution in [0.3, 0.4) is 0 Å². The molecule has 0 atom stereocenters. The van der Waals surface area contributed by atoms with Gasteiger partial charge in [-0.1, -0.05) is 0 Å². The van der Waals surface area contributed by atoms with Crippen molar-refractivity contribution in [2.45, 2.75) is 38.1 Å². The zero-order chi connectivity index (χ0) is 12.2. The van der Waals surface area contributed by atoms with Crippen molar-refractivity contribution >= 4 is 17.8 Å². The summed E-state index contributed by atoms with van der Waals surface area (Å²) in [4.78, 5) is 33.2. The van der Waals surface area contributed by atoms with Gasteiger partial charge in [0, 0.05) is 19.4 Å². The van der Waals surface area contributed by atoms with Crippen LogP contribution in [0, 0.1) is 0 Å². The van der Waals surface area contributed by atoms with Crippen LogP contribution in [0.1, 0.15) is 32.6 Å². The average Bonchev–Trinajstić information content (AvgIpc) is 2.96. The van der Waals surface area contributed by atoms with Gasteiger partial charge in [0.2, 0.25) is 11.8 Å².